The number of sulfonamides is 1. The van der Waals surface area contributed by atoms with Crippen LogP contribution in [0.1, 0.15) is 24.2 Å². The Morgan fingerprint density at radius 2 is 1.89 bits per heavy atom. The fourth-order valence-corrected chi connectivity index (χ4v) is 4.83. The number of halogens is 1. The number of benzene rings is 2. The first-order valence-electron chi connectivity index (χ1n) is 9.14. The van der Waals surface area contributed by atoms with Crippen LogP contribution in [-0.4, -0.2) is 51.4 Å². The van der Waals surface area contributed by atoms with Crippen molar-refractivity contribution < 1.29 is 13.2 Å². The number of anilines is 1. The van der Waals surface area contributed by atoms with E-state index < -0.39 is 10.0 Å². The largest absolute Gasteiger partial charge is 0.333 e. The molecule has 1 heterocycles. The van der Waals surface area contributed by atoms with Crippen LogP contribution in [0.2, 0.25) is 0 Å². The Hall–Kier alpha value is -2.09. The van der Waals surface area contributed by atoms with Crippen molar-refractivity contribution in [2.24, 2.45) is 0 Å². The summed E-state index contributed by atoms with van der Waals surface area (Å²) in [5.74, 6) is -0.135. The Kier molecular flexibility index (Phi) is 7.46. The van der Waals surface area contributed by atoms with E-state index >= 15 is 0 Å². The van der Waals surface area contributed by atoms with E-state index in [1.54, 1.807) is 54.3 Å². The minimum atomic E-state index is -3.75. The maximum Gasteiger partial charge on any atom is 0.264 e. The van der Waals surface area contributed by atoms with Crippen molar-refractivity contribution in [1.29, 1.82) is 0 Å². The third kappa shape index (κ3) is 4.48. The SMILES string of the molecule is CCN(c1ccccc1)S(=O)(=O)c1cccc(C(=O)N2CCNCC2C)c1.Cl. The Morgan fingerprint density at radius 3 is 2.54 bits per heavy atom. The topological polar surface area (TPSA) is 69.7 Å². The van der Waals surface area contributed by atoms with Gasteiger partial charge in [0.05, 0.1) is 10.6 Å². The molecule has 28 heavy (non-hydrogen) atoms. The highest BCUT2D eigenvalue weighted by molar-refractivity contribution is 7.92. The number of nitrogens with zero attached hydrogens (tertiary/aromatic N) is 2. The molecule has 0 aliphatic carbocycles. The molecular formula is C20H26ClN3O3S. The second-order valence-electron chi connectivity index (χ2n) is 6.58. The molecule has 1 aliphatic heterocycles. The molecule has 3 rings (SSSR count). The summed E-state index contributed by atoms with van der Waals surface area (Å²) in [6.45, 7) is 6.18. The summed E-state index contributed by atoms with van der Waals surface area (Å²) in [5.41, 5.74) is 1.00. The lowest BCUT2D eigenvalue weighted by atomic mass is 10.1. The summed E-state index contributed by atoms with van der Waals surface area (Å²) in [6, 6.07) is 15.4. The molecule has 1 unspecified atom stereocenters. The monoisotopic (exact) mass is 423 g/mol. The molecule has 1 amide bonds. The van der Waals surface area contributed by atoms with E-state index in [1.165, 1.54) is 10.4 Å². The lowest BCUT2D eigenvalue weighted by Gasteiger charge is -2.34. The number of rotatable bonds is 5. The second-order valence-corrected chi connectivity index (χ2v) is 8.45. The summed E-state index contributed by atoms with van der Waals surface area (Å²) in [5, 5.41) is 3.25. The lowest BCUT2D eigenvalue weighted by molar-refractivity contribution is 0.0655. The fourth-order valence-electron chi connectivity index (χ4n) is 3.31. The van der Waals surface area contributed by atoms with E-state index in [-0.39, 0.29) is 29.3 Å². The molecule has 2 aromatic carbocycles. The third-order valence-corrected chi connectivity index (χ3v) is 6.66. The lowest BCUT2D eigenvalue weighted by Crippen LogP contribution is -2.52. The number of carbonyl (C=O) groups is 1. The van der Waals surface area contributed by atoms with Gasteiger partial charge in [0.2, 0.25) is 0 Å². The number of carbonyl (C=O) groups excluding carboxylic acids is 1. The first kappa shape index (κ1) is 22.2. The Morgan fingerprint density at radius 1 is 1.18 bits per heavy atom. The quantitative estimate of drug-likeness (QED) is 0.802. The van der Waals surface area contributed by atoms with Crippen molar-refractivity contribution in [1.82, 2.24) is 10.2 Å². The number of piperazine rings is 1. The molecule has 8 heteroatoms. The number of hydrogen-bond acceptors (Lipinski definition) is 4. The predicted molar refractivity (Wildman–Crippen MR) is 114 cm³/mol. The molecule has 0 aromatic heterocycles. The maximum atomic E-state index is 13.2. The highest BCUT2D eigenvalue weighted by Crippen LogP contribution is 2.24. The molecule has 0 saturated carbocycles. The van der Waals surface area contributed by atoms with Crippen LogP contribution in [-0.2, 0) is 10.0 Å². The highest BCUT2D eigenvalue weighted by Gasteiger charge is 2.27. The van der Waals surface area contributed by atoms with Gasteiger partial charge in [-0.2, -0.15) is 0 Å². The summed E-state index contributed by atoms with van der Waals surface area (Å²) in [7, 11) is -3.75. The Bertz CT molecular complexity index is 906. The van der Waals surface area contributed by atoms with Crippen LogP contribution in [0.3, 0.4) is 0 Å². The van der Waals surface area contributed by atoms with E-state index in [0.29, 0.717) is 24.3 Å². The van der Waals surface area contributed by atoms with Crippen LogP contribution in [0.25, 0.3) is 0 Å². The van der Waals surface area contributed by atoms with Crippen LogP contribution in [0.15, 0.2) is 59.5 Å². The standard InChI is InChI=1S/C20H25N3O3S.ClH/c1-3-23(18-9-5-4-6-10-18)27(25,26)19-11-7-8-17(14-19)20(24)22-13-12-21-15-16(22)2;/h4-11,14,16,21H,3,12-13,15H2,1-2H3;1H. The average molecular weight is 424 g/mol. The van der Waals surface area contributed by atoms with E-state index in [0.717, 1.165) is 13.1 Å². The van der Waals surface area contributed by atoms with Crippen molar-refractivity contribution in [3.05, 3.63) is 60.2 Å². The van der Waals surface area contributed by atoms with E-state index in [1.807, 2.05) is 13.0 Å². The van der Waals surface area contributed by atoms with Gasteiger partial charge >= 0.3 is 0 Å². The van der Waals surface area contributed by atoms with Gasteiger partial charge in [-0.05, 0) is 44.2 Å². The van der Waals surface area contributed by atoms with Gasteiger partial charge in [-0.15, -0.1) is 12.4 Å². The Balaban J connectivity index is 0.00000280. The zero-order valence-corrected chi connectivity index (χ0v) is 17.7. The van der Waals surface area contributed by atoms with Gasteiger partial charge in [-0.25, -0.2) is 8.42 Å². The molecule has 1 aliphatic rings. The molecule has 152 valence electrons. The number of amides is 1. The molecule has 0 radical (unpaired) electrons. The van der Waals surface area contributed by atoms with Gasteiger partial charge in [-0.3, -0.25) is 9.10 Å². The normalized spacial score (nSPS) is 16.9. The maximum absolute atomic E-state index is 13.2. The van der Waals surface area contributed by atoms with Crippen molar-refractivity contribution in [3.8, 4) is 0 Å². The zero-order chi connectivity index (χ0) is 19.4. The van der Waals surface area contributed by atoms with E-state index in [9.17, 15) is 13.2 Å². The van der Waals surface area contributed by atoms with Gasteiger partial charge in [0, 0.05) is 37.8 Å². The summed E-state index contributed by atoms with van der Waals surface area (Å²) < 4.78 is 27.7. The Labute approximate surface area is 173 Å². The van der Waals surface area contributed by atoms with E-state index in [2.05, 4.69) is 5.32 Å². The van der Waals surface area contributed by atoms with Gasteiger partial charge in [0.1, 0.15) is 0 Å². The molecule has 1 atom stereocenters. The van der Waals surface area contributed by atoms with Crippen LogP contribution in [0.4, 0.5) is 5.69 Å². The number of para-hydroxylation sites is 1. The van der Waals surface area contributed by atoms with Crippen LogP contribution >= 0.6 is 12.4 Å². The van der Waals surface area contributed by atoms with Crippen LogP contribution in [0, 0.1) is 0 Å². The molecule has 2 aromatic rings. The molecule has 0 spiro atoms. The van der Waals surface area contributed by atoms with Gasteiger partial charge in [-0.1, -0.05) is 24.3 Å². The molecule has 1 N–H and O–H groups in total. The van der Waals surface area contributed by atoms with Crippen molar-refractivity contribution in [2.75, 3.05) is 30.5 Å². The fraction of sp³-hybridized carbons (Fsp3) is 0.350. The molecule has 6 nitrogen and oxygen atoms in total. The summed E-state index contributed by atoms with van der Waals surface area (Å²) in [4.78, 5) is 14.8. The zero-order valence-electron chi connectivity index (χ0n) is 16.0. The predicted octanol–water partition coefficient (Wildman–Crippen LogP) is 2.76. The number of hydrogen-bond donors (Lipinski definition) is 1. The highest BCUT2D eigenvalue weighted by atomic mass is 35.5. The van der Waals surface area contributed by atoms with Crippen molar-refractivity contribution in [3.63, 3.8) is 0 Å². The average Bonchev–Trinajstić information content (AvgIpc) is 2.69. The minimum absolute atomic E-state index is 0. The van der Waals surface area contributed by atoms with Gasteiger partial charge in [0.25, 0.3) is 15.9 Å². The van der Waals surface area contributed by atoms with E-state index in [4.69, 9.17) is 0 Å². The molecule has 1 saturated heterocycles. The smallest absolute Gasteiger partial charge is 0.264 e. The molecule has 0 bridgehead atoms. The van der Waals surface area contributed by atoms with Gasteiger partial charge in [0.15, 0.2) is 0 Å². The third-order valence-electron chi connectivity index (χ3n) is 4.76. The van der Waals surface area contributed by atoms with Gasteiger partial charge < -0.3 is 10.2 Å². The van der Waals surface area contributed by atoms with Crippen molar-refractivity contribution >= 4 is 34.0 Å². The first-order valence-corrected chi connectivity index (χ1v) is 10.6. The minimum Gasteiger partial charge on any atom is -0.333 e. The molecule has 1 fully saturated rings. The first-order chi connectivity index (χ1) is 12.9. The summed E-state index contributed by atoms with van der Waals surface area (Å²) in [6.07, 6.45) is 0. The molecular weight excluding hydrogens is 398 g/mol. The number of nitrogens with one attached hydrogen (secondary N) is 1. The van der Waals surface area contributed by atoms with Crippen LogP contribution in [0.5, 0.6) is 0 Å². The van der Waals surface area contributed by atoms with Crippen molar-refractivity contribution in [2.45, 2.75) is 24.8 Å². The second kappa shape index (κ2) is 9.41. The van der Waals surface area contributed by atoms with Crippen LogP contribution < -0.4 is 9.62 Å². The summed E-state index contributed by atoms with van der Waals surface area (Å²) >= 11 is 0.